The van der Waals surface area contributed by atoms with E-state index in [4.69, 9.17) is 4.74 Å². The van der Waals surface area contributed by atoms with Crippen LogP contribution in [0.4, 0.5) is 0 Å². The zero-order valence-electron chi connectivity index (χ0n) is 14.8. The first-order valence-electron chi connectivity index (χ1n) is 8.68. The standard InChI is InChI=1S/C17H25N3O5S/c1-2-9-18-16(21)12-19-17(22)13-5-7-15(8-6-13)26(23,24)20-11-14-4-3-10-25-14/h5-8,14,20H,2-4,9-12H2,1H3,(H,18,21)(H,19,22). The van der Waals surface area contributed by atoms with Crippen molar-refractivity contribution in [2.45, 2.75) is 37.2 Å². The summed E-state index contributed by atoms with van der Waals surface area (Å²) in [6.45, 7) is 3.26. The summed E-state index contributed by atoms with van der Waals surface area (Å²) in [5.41, 5.74) is 0.284. The van der Waals surface area contributed by atoms with Gasteiger partial charge in [-0.1, -0.05) is 6.92 Å². The molecule has 0 spiro atoms. The minimum atomic E-state index is -3.65. The molecule has 144 valence electrons. The Morgan fingerprint density at radius 1 is 1.19 bits per heavy atom. The Labute approximate surface area is 153 Å². The second-order valence-corrected chi connectivity index (χ2v) is 7.81. The molecular formula is C17H25N3O5S. The lowest BCUT2D eigenvalue weighted by molar-refractivity contribution is -0.120. The molecule has 8 nitrogen and oxygen atoms in total. The van der Waals surface area contributed by atoms with Gasteiger partial charge in [0.2, 0.25) is 15.9 Å². The summed E-state index contributed by atoms with van der Waals surface area (Å²) in [4.78, 5) is 23.6. The second kappa shape index (κ2) is 9.65. The summed E-state index contributed by atoms with van der Waals surface area (Å²) in [7, 11) is -3.65. The molecule has 1 heterocycles. The number of nitrogens with one attached hydrogen (secondary N) is 3. The highest BCUT2D eigenvalue weighted by atomic mass is 32.2. The quantitative estimate of drug-likeness (QED) is 0.571. The van der Waals surface area contributed by atoms with Crippen LogP contribution in [0.25, 0.3) is 0 Å². The molecule has 1 aliphatic rings. The van der Waals surface area contributed by atoms with Gasteiger partial charge in [0, 0.05) is 25.3 Å². The summed E-state index contributed by atoms with van der Waals surface area (Å²) in [6, 6.07) is 5.56. The molecule has 0 aliphatic carbocycles. The van der Waals surface area contributed by atoms with Crippen LogP contribution in [0.3, 0.4) is 0 Å². The monoisotopic (exact) mass is 383 g/mol. The molecule has 3 N–H and O–H groups in total. The molecule has 0 aromatic heterocycles. The Hall–Kier alpha value is -1.97. The van der Waals surface area contributed by atoms with Gasteiger partial charge in [-0.2, -0.15) is 0 Å². The van der Waals surface area contributed by atoms with Crippen molar-refractivity contribution < 1.29 is 22.7 Å². The Bertz CT molecular complexity index is 712. The first kappa shape index (κ1) is 20.3. The van der Waals surface area contributed by atoms with Crippen molar-refractivity contribution >= 4 is 21.8 Å². The van der Waals surface area contributed by atoms with Gasteiger partial charge in [-0.25, -0.2) is 13.1 Å². The van der Waals surface area contributed by atoms with Crippen molar-refractivity contribution in [1.29, 1.82) is 0 Å². The van der Waals surface area contributed by atoms with E-state index in [2.05, 4.69) is 15.4 Å². The third-order valence-electron chi connectivity index (χ3n) is 3.93. The van der Waals surface area contributed by atoms with E-state index < -0.39 is 15.9 Å². The number of benzene rings is 1. The van der Waals surface area contributed by atoms with E-state index in [9.17, 15) is 18.0 Å². The Balaban J connectivity index is 1.87. The summed E-state index contributed by atoms with van der Waals surface area (Å²) < 4.78 is 32.4. The SMILES string of the molecule is CCCNC(=O)CNC(=O)c1ccc(S(=O)(=O)NCC2CCCO2)cc1. The van der Waals surface area contributed by atoms with Gasteiger partial charge in [0.05, 0.1) is 17.5 Å². The first-order valence-corrected chi connectivity index (χ1v) is 10.2. The van der Waals surface area contributed by atoms with E-state index in [1.165, 1.54) is 24.3 Å². The number of sulfonamides is 1. The zero-order chi connectivity index (χ0) is 19.0. The van der Waals surface area contributed by atoms with Crippen LogP contribution < -0.4 is 15.4 Å². The molecule has 1 aromatic carbocycles. The van der Waals surface area contributed by atoms with Crippen LogP contribution in [-0.2, 0) is 19.6 Å². The van der Waals surface area contributed by atoms with Gasteiger partial charge in [0.15, 0.2) is 0 Å². The fourth-order valence-corrected chi connectivity index (χ4v) is 3.53. The van der Waals surface area contributed by atoms with Crippen LogP contribution >= 0.6 is 0 Å². The molecule has 2 amide bonds. The van der Waals surface area contributed by atoms with Crippen LogP contribution in [0.5, 0.6) is 0 Å². The lowest BCUT2D eigenvalue weighted by Gasteiger charge is -2.11. The van der Waals surface area contributed by atoms with E-state index in [1.807, 2.05) is 6.92 Å². The van der Waals surface area contributed by atoms with Crippen molar-refractivity contribution in [3.05, 3.63) is 29.8 Å². The third kappa shape index (κ3) is 6.08. The molecular weight excluding hydrogens is 358 g/mol. The number of hydrogen-bond acceptors (Lipinski definition) is 5. The number of amides is 2. The van der Waals surface area contributed by atoms with Crippen LogP contribution in [0.2, 0.25) is 0 Å². The minimum absolute atomic E-state index is 0.0766. The maximum Gasteiger partial charge on any atom is 0.251 e. The second-order valence-electron chi connectivity index (χ2n) is 6.04. The highest BCUT2D eigenvalue weighted by Gasteiger charge is 2.20. The van der Waals surface area contributed by atoms with E-state index in [1.54, 1.807) is 0 Å². The Morgan fingerprint density at radius 2 is 1.92 bits per heavy atom. The Kier molecular flexibility index (Phi) is 7.55. The zero-order valence-corrected chi connectivity index (χ0v) is 15.6. The van der Waals surface area contributed by atoms with Crippen molar-refractivity contribution in [3.8, 4) is 0 Å². The largest absolute Gasteiger partial charge is 0.377 e. The van der Waals surface area contributed by atoms with E-state index >= 15 is 0 Å². The summed E-state index contributed by atoms with van der Waals surface area (Å²) in [6.07, 6.45) is 2.50. The molecule has 1 saturated heterocycles. The van der Waals surface area contributed by atoms with Gasteiger partial charge >= 0.3 is 0 Å². The molecule has 1 atom stereocenters. The first-order chi connectivity index (χ1) is 12.4. The molecule has 26 heavy (non-hydrogen) atoms. The third-order valence-corrected chi connectivity index (χ3v) is 5.37. The number of carbonyl (C=O) groups is 2. The van der Waals surface area contributed by atoms with Gasteiger partial charge in [0.25, 0.3) is 5.91 Å². The molecule has 1 unspecified atom stereocenters. The highest BCUT2D eigenvalue weighted by Crippen LogP contribution is 2.14. The molecule has 2 rings (SSSR count). The molecule has 1 aliphatic heterocycles. The number of hydrogen-bond donors (Lipinski definition) is 3. The lowest BCUT2D eigenvalue weighted by Crippen LogP contribution is -2.37. The van der Waals surface area contributed by atoms with Gasteiger partial charge in [0.1, 0.15) is 0 Å². The van der Waals surface area contributed by atoms with Crippen molar-refractivity contribution in [3.63, 3.8) is 0 Å². The molecule has 0 bridgehead atoms. The van der Waals surface area contributed by atoms with Gasteiger partial charge in [-0.15, -0.1) is 0 Å². The molecule has 0 radical (unpaired) electrons. The molecule has 9 heteroatoms. The van der Waals surface area contributed by atoms with E-state index in [0.29, 0.717) is 13.2 Å². The van der Waals surface area contributed by atoms with Gasteiger partial charge < -0.3 is 15.4 Å². The average molecular weight is 383 g/mol. The molecule has 0 saturated carbocycles. The highest BCUT2D eigenvalue weighted by molar-refractivity contribution is 7.89. The fraction of sp³-hybridized carbons (Fsp3) is 0.529. The van der Waals surface area contributed by atoms with Crippen LogP contribution in [0.1, 0.15) is 36.5 Å². The van der Waals surface area contributed by atoms with Crippen molar-refractivity contribution in [2.75, 3.05) is 26.2 Å². The number of carbonyl (C=O) groups excluding carboxylic acids is 2. The normalized spacial score (nSPS) is 17.0. The Morgan fingerprint density at radius 3 is 2.54 bits per heavy atom. The molecule has 1 aromatic rings. The van der Waals surface area contributed by atoms with Crippen LogP contribution in [-0.4, -0.2) is 52.6 Å². The molecule has 1 fully saturated rings. The maximum atomic E-state index is 12.3. The van der Waals surface area contributed by atoms with E-state index in [-0.39, 0.29) is 35.6 Å². The minimum Gasteiger partial charge on any atom is -0.377 e. The predicted molar refractivity (Wildman–Crippen MR) is 96.2 cm³/mol. The smallest absolute Gasteiger partial charge is 0.251 e. The van der Waals surface area contributed by atoms with Crippen molar-refractivity contribution in [1.82, 2.24) is 15.4 Å². The number of rotatable bonds is 9. The average Bonchev–Trinajstić information content (AvgIpc) is 3.16. The number of ether oxygens (including phenoxy) is 1. The maximum absolute atomic E-state index is 12.3. The summed E-state index contributed by atoms with van der Waals surface area (Å²) in [5.74, 6) is -0.703. The van der Waals surface area contributed by atoms with Crippen LogP contribution in [0.15, 0.2) is 29.2 Å². The van der Waals surface area contributed by atoms with E-state index in [0.717, 1.165) is 19.3 Å². The predicted octanol–water partition coefficient (Wildman–Crippen LogP) is 0.400. The summed E-state index contributed by atoms with van der Waals surface area (Å²) >= 11 is 0. The fourth-order valence-electron chi connectivity index (χ4n) is 2.47. The van der Waals surface area contributed by atoms with Gasteiger partial charge in [-0.3, -0.25) is 9.59 Å². The lowest BCUT2D eigenvalue weighted by atomic mass is 10.2. The van der Waals surface area contributed by atoms with Crippen molar-refractivity contribution in [2.24, 2.45) is 0 Å². The van der Waals surface area contributed by atoms with Gasteiger partial charge in [-0.05, 0) is 43.5 Å². The topological polar surface area (TPSA) is 114 Å². The summed E-state index contributed by atoms with van der Waals surface area (Å²) in [5, 5.41) is 5.15. The van der Waals surface area contributed by atoms with Crippen LogP contribution in [0, 0.1) is 0 Å².